The Kier molecular flexibility index (Phi) is 3.50. The average Bonchev–Trinajstić information content (AvgIpc) is 3.35. The minimum Gasteiger partial charge on any atom is -0.480 e. The van der Waals surface area contributed by atoms with Crippen molar-refractivity contribution in [2.24, 2.45) is 0 Å². The minimum absolute atomic E-state index is 0.258. The molecule has 0 saturated heterocycles. The molecule has 11 nitrogen and oxygen atoms in total. The van der Waals surface area contributed by atoms with Crippen LogP contribution >= 0.6 is 0 Å². The zero-order valence-corrected chi connectivity index (χ0v) is 12.7. The van der Waals surface area contributed by atoms with Gasteiger partial charge in [0.15, 0.2) is 0 Å². The molecule has 4 aromatic rings. The highest BCUT2D eigenvalue weighted by molar-refractivity contribution is 5.77. The van der Waals surface area contributed by atoms with Crippen molar-refractivity contribution in [1.82, 2.24) is 45.8 Å². The molecule has 3 aromatic heterocycles. The zero-order valence-electron chi connectivity index (χ0n) is 12.7. The second-order valence-electron chi connectivity index (χ2n) is 5.20. The number of rotatable bonds is 5. The lowest BCUT2D eigenvalue weighted by molar-refractivity contribution is -0.137. The van der Waals surface area contributed by atoms with Gasteiger partial charge in [-0.05, 0) is 18.2 Å². The van der Waals surface area contributed by atoms with Crippen molar-refractivity contribution < 1.29 is 9.90 Å². The fraction of sp³-hybridized carbons (Fsp3) is 0.0714. The van der Waals surface area contributed by atoms with Crippen LogP contribution < -0.4 is 0 Å². The third-order valence-corrected chi connectivity index (χ3v) is 3.49. The van der Waals surface area contributed by atoms with Gasteiger partial charge in [0.1, 0.15) is 23.6 Å². The molecule has 1 aromatic carbocycles. The number of H-pyrrole nitrogens is 2. The Morgan fingerprint density at radius 2 is 1.52 bits per heavy atom. The van der Waals surface area contributed by atoms with E-state index in [9.17, 15) is 4.79 Å². The monoisotopic (exact) mass is 337 g/mol. The molecule has 3 heterocycles. The number of benzene rings is 1. The van der Waals surface area contributed by atoms with Gasteiger partial charge in [-0.1, -0.05) is 5.21 Å². The van der Waals surface area contributed by atoms with Gasteiger partial charge in [0.25, 0.3) is 0 Å². The Morgan fingerprint density at radius 3 is 2.00 bits per heavy atom. The molecular formula is C14H11N9O2. The maximum absolute atomic E-state index is 10.8. The topological polar surface area (TPSA) is 151 Å². The number of aromatic amines is 2. The van der Waals surface area contributed by atoms with E-state index < -0.39 is 5.97 Å². The van der Waals surface area contributed by atoms with Crippen molar-refractivity contribution in [1.29, 1.82) is 0 Å². The fourth-order valence-corrected chi connectivity index (χ4v) is 2.40. The molecule has 0 bridgehead atoms. The summed E-state index contributed by atoms with van der Waals surface area (Å²) in [4.78, 5) is 10.8. The normalized spacial score (nSPS) is 10.9. The lowest BCUT2D eigenvalue weighted by Crippen LogP contribution is -2.08. The van der Waals surface area contributed by atoms with Crippen molar-refractivity contribution in [2.45, 2.75) is 6.54 Å². The third kappa shape index (κ3) is 2.97. The first-order chi connectivity index (χ1) is 12.2. The molecule has 25 heavy (non-hydrogen) atoms. The van der Waals surface area contributed by atoms with Crippen LogP contribution in [0.2, 0.25) is 0 Å². The van der Waals surface area contributed by atoms with Gasteiger partial charge in [-0.25, -0.2) is 4.68 Å². The average molecular weight is 337 g/mol. The highest BCUT2D eigenvalue weighted by Gasteiger charge is 2.13. The first-order valence-corrected chi connectivity index (χ1v) is 7.19. The van der Waals surface area contributed by atoms with E-state index in [-0.39, 0.29) is 6.54 Å². The van der Waals surface area contributed by atoms with Crippen molar-refractivity contribution in [2.75, 3.05) is 0 Å². The molecule has 0 spiro atoms. The number of hydrogen-bond donors (Lipinski definition) is 3. The van der Waals surface area contributed by atoms with Crippen molar-refractivity contribution in [3.05, 3.63) is 36.8 Å². The van der Waals surface area contributed by atoms with Gasteiger partial charge in [0.2, 0.25) is 0 Å². The summed E-state index contributed by atoms with van der Waals surface area (Å²) in [5.41, 5.74) is 4.20. The Morgan fingerprint density at radius 1 is 0.960 bits per heavy atom. The SMILES string of the molecule is O=C(O)Cn1cc(-c2cc(-c3cn[nH]n3)cc(-c3cn[nH]n3)c2)nn1. The van der Waals surface area contributed by atoms with Crippen LogP contribution in [0.15, 0.2) is 36.8 Å². The maximum Gasteiger partial charge on any atom is 0.325 e. The predicted molar refractivity (Wildman–Crippen MR) is 83.8 cm³/mol. The zero-order chi connectivity index (χ0) is 17.2. The van der Waals surface area contributed by atoms with Gasteiger partial charge in [-0.3, -0.25) is 4.79 Å². The molecule has 0 aliphatic rings. The lowest BCUT2D eigenvalue weighted by atomic mass is 10.0. The van der Waals surface area contributed by atoms with E-state index in [1.54, 1.807) is 18.6 Å². The van der Waals surface area contributed by atoms with Gasteiger partial charge in [-0.15, -0.1) is 5.10 Å². The molecule has 11 heteroatoms. The maximum atomic E-state index is 10.8. The summed E-state index contributed by atoms with van der Waals surface area (Å²) < 4.78 is 1.26. The highest BCUT2D eigenvalue weighted by atomic mass is 16.4. The molecule has 0 unspecified atom stereocenters. The van der Waals surface area contributed by atoms with Crippen LogP contribution in [0.25, 0.3) is 33.8 Å². The standard InChI is InChI=1S/C14H11N9O2/c24-14(25)7-23-6-13(19-22-23)10-2-8(11-4-15-20-17-11)1-9(3-10)12-5-16-21-18-12/h1-6H,7H2,(H,24,25)(H,15,17,20)(H,16,18,21). The third-order valence-electron chi connectivity index (χ3n) is 3.49. The molecule has 0 aliphatic carbocycles. The Balaban J connectivity index is 1.81. The number of nitrogens with zero attached hydrogens (tertiary/aromatic N) is 7. The van der Waals surface area contributed by atoms with Gasteiger partial charge >= 0.3 is 5.97 Å². The second-order valence-corrected chi connectivity index (χ2v) is 5.20. The number of nitrogens with one attached hydrogen (secondary N) is 2. The second kappa shape index (κ2) is 5.96. The lowest BCUT2D eigenvalue weighted by Gasteiger charge is -2.05. The molecular weight excluding hydrogens is 326 g/mol. The molecule has 3 N–H and O–H groups in total. The Bertz CT molecular complexity index is 953. The number of aromatic nitrogens is 9. The smallest absolute Gasteiger partial charge is 0.325 e. The summed E-state index contributed by atoms with van der Waals surface area (Å²) in [6.45, 7) is -0.258. The number of carboxylic acid groups (broad SMARTS) is 1. The van der Waals surface area contributed by atoms with E-state index >= 15 is 0 Å². The van der Waals surface area contributed by atoms with Gasteiger partial charge in [0.05, 0.1) is 18.6 Å². The van der Waals surface area contributed by atoms with Crippen LogP contribution in [0, 0.1) is 0 Å². The van der Waals surface area contributed by atoms with Crippen LogP contribution in [0.3, 0.4) is 0 Å². The molecule has 0 radical (unpaired) electrons. The van der Waals surface area contributed by atoms with E-state index in [0.717, 1.165) is 16.7 Å². The summed E-state index contributed by atoms with van der Waals surface area (Å²) >= 11 is 0. The van der Waals surface area contributed by atoms with Gasteiger partial charge < -0.3 is 5.11 Å². The first kappa shape index (κ1) is 14.7. The molecule has 0 saturated carbocycles. The van der Waals surface area contributed by atoms with Gasteiger partial charge in [0, 0.05) is 16.7 Å². The fourth-order valence-electron chi connectivity index (χ4n) is 2.40. The number of carboxylic acids is 1. The van der Waals surface area contributed by atoms with Crippen LogP contribution in [-0.2, 0) is 11.3 Å². The largest absolute Gasteiger partial charge is 0.480 e. The van der Waals surface area contributed by atoms with Crippen molar-refractivity contribution in [3.8, 4) is 33.8 Å². The van der Waals surface area contributed by atoms with E-state index in [1.165, 1.54) is 4.68 Å². The van der Waals surface area contributed by atoms with E-state index in [2.05, 4.69) is 41.1 Å². The molecule has 4 rings (SSSR count). The Labute approximate surface area is 139 Å². The number of aliphatic carboxylic acids is 1. The molecule has 0 amide bonds. The highest BCUT2D eigenvalue weighted by Crippen LogP contribution is 2.29. The Hall–Kier alpha value is -3.89. The summed E-state index contributed by atoms with van der Waals surface area (Å²) in [7, 11) is 0. The first-order valence-electron chi connectivity index (χ1n) is 7.19. The van der Waals surface area contributed by atoms with Crippen LogP contribution in [-0.4, -0.2) is 56.9 Å². The van der Waals surface area contributed by atoms with Crippen molar-refractivity contribution >= 4 is 5.97 Å². The summed E-state index contributed by atoms with van der Waals surface area (Å²) in [5.74, 6) is -0.990. The van der Waals surface area contributed by atoms with Crippen LogP contribution in [0.5, 0.6) is 0 Å². The quantitative estimate of drug-likeness (QED) is 0.479. The van der Waals surface area contributed by atoms with Crippen molar-refractivity contribution in [3.63, 3.8) is 0 Å². The predicted octanol–water partition coefficient (Wildman–Crippen LogP) is 0.600. The summed E-state index contributed by atoms with van der Waals surface area (Å²) in [6, 6.07) is 5.65. The van der Waals surface area contributed by atoms with E-state index in [4.69, 9.17) is 5.11 Å². The van der Waals surface area contributed by atoms with Gasteiger partial charge in [-0.2, -0.15) is 30.8 Å². The molecule has 0 atom stereocenters. The molecule has 0 fully saturated rings. The number of carbonyl (C=O) groups is 1. The van der Waals surface area contributed by atoms with Crippen LogP contribution in [0.1, 0.15) is 0 Å². The summed E-state index contributed by atoms with van der Waals surface area (Å²) in [5, 5.41) is 37.7. The molecule has 0 aliphatic heterocycles. The molecule has 124 valence electrons. The van der Waals surface area contributed by atoms with E-state index in [1.807, 2.05) is 18.2 Å². The summed E-state index contributed by atoms with van der Waals surface area (Å²) in [6.07, 6.45) is 4.78. The van der Waals surface area contributed by atoms with Crippen LogP contribution in [0.4, 0.5) is 0 Å². The number of hydrogen-bond acceptors (Lipinski definition) is 7. The van der Waals surface area contributed by atoms with E-state index in [0.29, 0.717) is 17.1 Å². The minimum atomic E-state index is -0.990.